The maximum absolute atomic E-state index is 12.4. The summed E-state index contributed by atoms with van der Waals surface area (Å²) in [6, 6.07) is 16.4. The predicted molar refractivity (Wildman–Crippen MR) is 124 cm³/mol. The number of alkyl carbamates (subject to hydrolysis) is 1. The van der Waals surface area contributed by atoms with Gasteiger partial charge in [-0.2, -0.15) is 0 Å². The van der Waals surface area contributed by atoms with Crippen LogP contribution in [0.1, 0.15) is 50.2 Å². The molecule has 0 bridgehead atoms. The van der Waals surface area contributed by atoms with E-state index in [0.717, 1.165) is 24.0 Å². The van der Waals surface area contributed by atoms with Crippen LogP contribution in [0.25, 0.3) is 11.1 Å². The molecule has 2 aliphatic rings. The van der Waals surface area contributed by atoms with Crippen molar-refractivity contribution >= 4 is 12.1 Å². The molecule has 2 aliphatic carbocycles. The number of fused-ring (bicyclic) bond motifs is 3. The van der Waals surface area contributed by atoms with E-state index in [9.17, 15) is 14.7 Å². The van der Waals surface area contributed by atoms with Gasteiger partial charge in [0.05, 0.1) is 5.92 Å². The first-order chi connectivity index (χ1) is 15.4. The van der Waals surface area contributed by atoms with Crippen molar-refractivity contribution in [3.05, 3.63) is 71.3 Å². The highest BCUT2D eigenvalue weighted by atomic mass is 16.5. The fraction of sp³-hybridized carbons (Fsp3) is 0.407. The third-order valence-electron chi connectivity index (χ3n) is 6.69. The number of carboxylic acids is 1. The van der Waals surface area contributed by atoms with Gasteiger partial charge in [0.2, 0.25) is 0 Å². The van der Waals surface area contributed by atoms with Crippen LogP contribution < -0.4 is 5.32 Å². The summed E-state index contributed by atoms with van der Waals surface area (Å²) in [5.74, 6) is -0.692. The molecule has 168 valence electrons. The van der Waals surface area contributed by atoms with Gasteiger partial charge >= 0.3 is 12.1 Å². The van der Waals surface area contributed by atoms with Crippen molar-refractivity contribution in [2.24, 2.45) is 17.8 Å². The molecule has 0 saturated heterocycles. The highest BCUT2D eigenvalue weighted by Crippen LogP contribution is 2.44. The first kappa shape index (κ1) is 22.1. The summed E-state index contributed by atoms with van der Waals surface area (Å²) in [7, 11) is 0. The number of carboxylic acid groups (broad SMARTS) is 1. The third kappa shape index (κ3) is 4.87. The second kappa shape index (κ2) is 9.60. The van der Waals surface area contributed by atoms with Crippen LogP contribution in [0.15, 0.2) is 60.2 Å². The second-order valence-electron chi connectivity index (χ2n) is 9.27. The van der Waals surface area contributed by atoms with Crippen molar-refractivity contribution in [2.45, 2.75) is 39.0 Å². The second-order valence-corrected chi connectivity index (χ2v) is 9.27. The summed E-state index contributed by atoms with van der Waals surface area (Å²) >= 11 is 0. The van der Waals surface area contributed by atoms with Crippen molar-refractivity contribution in [3.8, 4) is 11.1 Å². The molecule has 3 atom stereocenters. The van der Waals surface area contributed by atoms with Gasteiger partial charge in [-0.25, -0.2) is 4.79 Å². The van der Waals surface area contributed by atoms with E-state index in [0.29, 0.717) is 18.3 Å². The summed E-state index contributed by atoms with van der Waals surface area (Å²) in [5.41, 5.74) is 5.98. The van der Waals surface area contributed by atoms with E-state index >= 15 is 0 Å². The van der Waals surface area contributed by atoms with E-state index in [1.807, 2.05) is 24.3 Å². The van der Waals surface area contributed by atoms with E-state index in [4.69, 9.17) is 4.74 Å². The molecule has 0 saturated carbocycles. The zero-order valence-corrected chi connectivity index (χ0v) is 18.7. The minimum atomic E-state index is -0.871. The topological polar surface area (TPSA) is 75.6 Å². The first-order valence-electron chi connectivity index (χ1n) is 11.4. The lowest BCUT2D eigenvalue weighted by Crippen LogP contribution is -2.35. The minimum Gasteiger partial charge on any atom is -0.481 e. The fourth-order valence-corrected chi connectivity index (χ4v) is 5.40. The van der Waals surface area contributed by atoms with Gasteiger partial charge in [-0.05, 0) is 60.3 Å². The zero-order chi connectivity index (χ0) is 22.7. The number of rotatable bonds is 7. The maximum atomic E-state index is 12.4. The number of aliphatic carboxylic acids is 1. The predicted octanol–water partition coefficient (Wildman–Crippen LogP) is 5.61. The van der Waals surface area contributed by atoms with Gasteiger partial charge in [-0.1, -0.05) is 67.1 Å². The van der Waals surface area contributed by atoms with Crippen LogP contribution in [0.3, 0.4) is 0 Å². The molecule has 4 rings (SSSR count). The standard InChI is InChI=1S/C27H31NO4/c1-17-11-18(2)13-19(12-17)14-20(26(29)30)15-28-27(31)32-16-25-23-9-5-3-7-21(23)22-8-4-6-10-24(22)25/h3-11,17,19-20,25H,12-16H2,1-2H3,(H,28,31)(H,29,30). The van der Waals surface area contributed by atoms with Gasteiger partial charge in [0.1, 0.15) is 6.61 Å². The minimum absolute atomic E-state index is 0.0121. The van der Waals surface area contributed by atoms with Gasteiger partial charge in [-0.3, -0.25) is 4.79 Å². The summed E-state index contributed by atoms with van der Waals surface area (Å²) in [6.07, 6.45) is 4.19. The Kier molecular flexibility index (Phi) is 6.63. The van der Waals surface area contributed by atoms with E-state index in [2.05, 4.69) is 49.5 Å². The molecule has 2 aromatic rings. The van der Waals surface area contributed by atoms with Crippen molar-refractivity contribution in [2.75, 3.05) is 13.2 Å². The summed E-state index contributed by atoms with van der Waals surface area (Å²) in [5, 5.41) is 12.4. The lowest BCUT2D eigenvalue weighted by molar-refractivity contribution is -0.142. The van der Waals surface area contributed by atoms with Crippen LogP contribution in [0.2, 0.25) is 0 Å². The molecule has 32 heavy (non-hydrogen) atoms. The number of carbonyl (C=O) groups excluding carboxylic acids is 1. The Morgan fingerprint density at radius 1 is 1.09 bits per heavy atom. The molecule has 2 N–H and O–H groups in total. The van der Waals surface area contributed by atoms with Crippen molar-refractivity contribution in [1.82, 2.24) is 5.32 Å². The number of hydrogen-bond donors (Lipinski definition) is 2. The van der Waals surface area contributed by atoms with Crippen LogP contribution in [-0.4, -0.2) is 30.3 Å². The summed E-state index contributed by atoms with van der Waals surface area (Å²) in [6.45, 7) is 4.58. The van der Waals surface area contributed by atoms with E-state index < -0.39 is 18.0 Å². The van der Waals surface area contributed by atoms with Gasteiger partial charge in [0.25, 0.3) is 0 Å². The molecule has 0 fully saturated rings. The monoisotopic (exact) mass is 433 g/mol. The van der Waals surface area contributed by atoms with Crippen LogP contribution in [-0.2, 0) is 9.53 Å². The van der Waals surface area contributed by atoms with Gasteiger partial charge < -0.3 is 15.2 Å². The number of benzene rings is 2. The maximum Gasteiger partial charge on any atom is 0.407 e. The molecule has 0 aliphatic heterocycles. The Balaban J connectivity index is 1.33. The average molecular weight is 434 g/mol. The molecule has 0 aromatic heterocycles. The number of ether oxygens (including phenoxy) is 1. The molecule has 2 aromatic carbocycles. The summed E-state index contributed by atoms with van der Waals surface area (Å²) < 4.78 is 5.54. The van der Waals surface area contributed by atoms with Crippen molar-refractivity contribution in [1.29, 1.82) is 0 Å². The quantitative estimate of drug-likeness (QED) is 0.557. The van der Waals surface area contributed by atoms with E-state index in [1.165, 1.54) is 16.7 Å². The lowest BCUT2D eigenvalue weighted by atomic mass is 9.79. The highest BCUT2D eigenvalue weighted by molar-refractivity contribution is 5.79. The van der Waals surface area contributed by atoms with E-state index in [-0.39, 0.29) is 19.1 Å². The Labute approximate surface area is 189 Å². The Bertz CT molecular complexity index is 982. The Morgan fingerprint density at radius 2 is 1.72 bits per heavy atom. The SMILES string of the molecule is CC1=CC(C)CC(CC(CNC(=O)OCC2c3ccccc3-c3ccccc32)C(=O)O)C1. The number of allylic oxidation sites excluding steroid dienone is 2. The number of hydrogen-bond acceptors (Lipinski definition) is 3. The molecule has 5 nitrogen and oxygen atoms in total. The van der Waals surface area contributed by atoms with Crippen molar-refractivity contribution < 1.29 is 19.4 Å². The molecule has 1 amide bonds. The Hall–Kier alpha value is -3.08. The molecular formula is C27H31NO4. The van der Waals surface area contributed by atoms with Crippen LogP contribution >= 0.6 is 0 Å². The smallest absolute Gasteiger partial charge is 0.407 e. The van der Waals surface area contributed by atoms with E-state index in [1.54, 1.807) is 0 Å². The lowest BCUT2D eigenvalue weighted by Gasteiger charge is -2.27. The zero-order valence-electron chi connectivity index (χ0n) is 18.7. The normalized spacial score (nSPS) is 20.6. The van der Waals surface area contributed by atoms with Gasteiger partial charge in [-0.15, -0.1) is 0 Å². The van der Waals surface area contributed by atoms with Crippen LogP contribution in [0.4, 0.5) is 4.79 Å². The highest BCUT2D eigenvalue weighted by Gasteiger charge is 2.30. The molecule has 0 radical (unpaired) electrons. The van der Waals surface area contributed by atoms with Gasteiger partial charge in [0, 0.05) is 12.5 Å². The third-order valence-corrected chi connectivity index (χ3v) is 6.69. The fourth-order valence-electron chi connectivity index (χ4n) is 5.40. The molecule has 0 heterocycles. The van der Waals surface area contributed by atoms with Gasteiger partial charge in [0.15, 0.2) is 0 Å². The van der Waals surface area contributed by atoms with Crippen LogP contribution in [0, 0.1) is 17.8 Å². The molecule has 5 heteroatoms. The summed E-state index contributed by atoms with van der Waals surface area (Å²) in [4.78, 5) is 24.2. The average Bonchev–Trinajstić information content (AvgIpc) is 3.08. The van der Waals surface area contributed by atoms with Crippen LogP contribution in [0.5, 0.6) is 0 Å². The molecule has 3 unspecified atom stereocenters. The molecule has 0 spiro atoms. The largest absolute Gasteiger partial charge is 0.481 e. The number of amides is 1. The number of carbonyl (C=O) groups is 2. The first-order valence-corrected chi connectivity index (χ1v) is 11.4. The molecular weight excluding hydrogens is 402 g/mol. The van der Waals surface area contributed by atoms with Crippen molar-refractivity contribution in [3.63, 3.8) is 0 Å². The number of nitrogens with one attached hydrogen (secondary N) is 1. The Morgan fingerprint density at radius 3 is 2.31 bits per heavy atom.